The molecule has 12 nitrogen and oxygen atoms in total. The molecule has 0 spiro atoms. The Morgan fingerprint density at radius 2 is 1.93 bits per heavy atom. The summed E-state index contributed by atoms with van der Waals surface area (Å²) >= 11 is 6.33. The van der Waals surface area contributed by atoms with E-state index in [9.17, 15) is 14.0 Å². The quantitative estimate of drug-likeness (QED) is 0.111. The van der Waals surface area contributed by atoms with Crippen molar-refractivity contribution in [2.24, 2.45) is 16.8 Å². The van der Waals surface area contributed by atoms with E-state index >= 15 is 0 Å². The van der Waals surface area contributed by atoms with Crippen LogP contribution < -0.4 is 16.6 Å². The summed E-state index contributed by atoms with van der Waals surface area (Å²) in [5, 5.41) is 23.3. The SMILES string of the molecule is C[C@@H]1CCC[C@H](n2cnc(-c3cc(Cl)ccc3-n3cc(/C(N)=N/O)nn3)cc2=O)c2cc(ccn2)-c2cc(F)ccc2NC1=O. The Kier molecular flexibility index (Phi) is 8.09. The Labute approximate surface area is 261 Å². The van der Waals surface area contributed by atoms with E-state index in [1.807, 2.05) is 6.92 Å². The maximum absolute atomic E-state index is 14.4. The number of oxime groups is 1. The number of nitrogens with zero attached hydrogens (tertiary/aromatic N) is 7. The molecule has 0 radical (unpaired) electrons. The number of carbonyl (C=O) groups excluding carboxylic acids is 1. The summed E-state index contributed by atoms with van der Waals surface area (Å²) in [6.07, 6.45) is 6.23. The largest absolute Gasteiger partial charge is 0.409 e. The third-order valence-corrected chi connectivity index (χ3v) is 7.99. The van der Waals surface area contributed by atoms with Gasteiger partial charge in [-0.15, -0.1) is 5.10 Å². The molecule has 3 aromatic heterocycles. The van der Waals surface area contributed by atoms with Gasteiger partial charge in [0.05, 0.1) is 35.6 Å². The molecule has 14 heteroatoms. The standard InChI is InChI=1S/C31H27ClFN9O3/c1-17-3-2-4-28(25-11-18(9-10-35-25)21-13-20(33)6-7-23(21)37-31(17)44)41-16-36-24(14-29(41)43)22-12-19(32)5-8-27(22)42-15-26(38-40-42)30(34)39-45/h5-17,28,45H,2-4H2,1H3,(H2,34,39)(H,37,44)/t17-,28+/m1/s1. The predicted molar refractivity (Wildman–Crippen MR) is 166 cm³/mol. The summed E-state index contributed by atoms with van der Waals surface area (Å²) in [5.41, 5.74) is 9.05. The molecule has 1 aliphatic heterocycles. The minimum absolute atomic E-state index is 0.149. The van der Waals surface area contributed by atoms with Crippen LogP contribution >= 0.6 is 11.6 Å². The van der Waals surface area contributed by atoms with E-state index in [0.29, 0.717) is 63.7 Å². The Morgan fingerprint density at radius 1 is 1.09 bits per heavy atom. The van der Waals surface area contributed by atoms with Gasteiger partial charge in [0, 0.05) is 40.0 Å². The first kappa shape index (κ1) is 29.6. The van der Waals surface area contributed by atoms with Gasteiger partial charge in [-0.05, 0) is 66.9 Å². The predicted octanol–water partition coefficient (Wildman–Crippen LogP) is 4.79. The number of amidine groups is 1. The highest BCUT2D eigenvalue weighted by Crippen LogP contribution is 2.34. The first-order valence-corrected chi connectivity index (χ1v) is 14.4. The molecule has 228 valence electrons. The van der Waals surface area contributed by atoms with Crippen molar-refractivity contribution in [2.75, 3.05) is 5.32 Å². The first-order chi connectivity index (χ1) is 21.7. The molecule has 4 N–H and O–H groups in total. The van der Waals surface area contributed by atoms with E-state index in [4.69, 9.17) is 22.5 Å². The van der Waals surface area contributed by atoms with E-state index in [1.54, 1.807) is 42.6 Å². The van der Waals surface area contributed by atoms with Crippen LogP contribution in [0.3, 0.4) is 0 Å². The Hall–Kier alpha value is -5.43. The number of anilines is 1. The van der Waals surface area contributed by atoms with E-state index < -0.39 is 11.9 Å². The molecule has 0 saturated heterocycles. The van der Waals surface area contributed by atoms with Crippen LogP contribution in [-0.2, 0) is 4.79 Å². The topological polar surface area (TPSA) is 166 Å². The lowest BCUT2D eigenvalue weighted by Gasteiger charge is -2.23. The summed E-state index contributed by atoms with van der Waals surface area (Å²) in [6, 6.07) is 13.6. The normalized spacial score (nSPS) is 17.1. The van der Waals surface area contributed by atoms with E-state index in [-0.39, 0.29) is 28.9 Å². The molecular formula is C31H27ClFN9O3. The molecule has 6 rings (SSSR count). The van der Waals surface area contributed by atoms with Crippen molar-refractivity contribution in [3.05, 3.63) is 106 Å². The third kappa shape index (κ3) is 6.02. The number of amides is 1. The summed E-state index contributed by atoms with van der Waals surface area (Å²) in [7, 11) is 0. The summed E-state index contributed by atoms with van der Waals surface area (Å²) in [6.45, 7) is 1.84. The Morgan fingerprint density at radius 3 is 2.73 bits per heavy atom. The zero-order chi connectivity index (χ0) is 31.7. The lowest BCUT2D eigenvalue weighted by molar-refractivity contribution is -0.119. The molecule has 0 unspecified atom stereocenters. The highest BCUT2D eigenvalue weighted by molar-refractivity contribution is 6.31. The van der Waals surface area contributed by atoms with Crippen molar-refractivity contribution >= 4 is 29.0 Å². The third-order valence-electron chi connectivity index (χ3n) is 7.75. The molecule has 0 saturated carbocycles. The van der Waals surface area contributed by atoms with Crippen LogP contribution in [-0.4, -0.2) is 46.5 Å². The fourth-order valence-corrected chi connectivity index (χ4v) is 5.52. The van der Waals surface area contributed by atoms with Crippen LogP contribution in [0.25, 0.3) is 28.1 Å². The Bertz CT molecular complexity index is 2010. The molecule has 1 aliphatic rings. The number of nitrogens with one attached hydrogen (secondary N) is 1. The number of halogens is 2. The molecule has 45 heavy (non-hydrogen) atoms. The fraction of sp³-hybridized carbons (Fsp3) is 0.194. The van der Waals surface area contributed by atoms with Crippen LogP contribution in [0.15, 0.2) is 83.3 Å². The van der Waals surface area contributed by atoms with Crippen molar-refractivity contribution in [1.29, 1.82) is 0 Å². The summed E-state index contributed by atoms with van der Waals surface area (Å²) < 4.78 is 17.3. The lowest BCUT2D eigenvalue weighted by Crippen LogP contribution is -2.27. The molecule has 1 amide bonds. The first-order valence-electron chi connectivity index (χ1n) is 14.1. The van der Waals surface area contributed by atoms with Gasteiger partial charge in [-0.2, -0.15) is 0 Å². The van der Waals surface area contributed by atoms with Crippen LogP contribution in [0, 0.1) is 11.7 Å². The number of fused-ring (bicyclic) bond motifs is 4. The molecule has 2 aromatic carbocycles. The second-order valence-electron chi connectivity index (χ2n) is 10.7. The maximum Gasteiger partial charge on any atom is 0.254 e. The van der Waals surface area contributed by atoms with Gasteiger partial charge >= 0.3 is 0 Å². The van der Waals surface area contributed by atoms with Crippen molar-refractivity contribution in [1.82, 2.24) is 29.5 Å². The van der Waals surface area contributed by atoms with Crippen molar-refractivity contribution in [2.45, 2.75) is 32.2 Å². The van der Waals surface area contributed by atoms with Gasteiger partial charge in [0.2, 0.25) is 5.91 Å². The second kappa shape index (κ2) is 12.3. The highest BCUT2D eigenvalue weighted by Gasteiger charge is 2.23. The van der Waals surface area contributed by atoms with Gasteiger partial charge in [-0.3, -0.25) is 19.1 Å². The molecule has 0 fully saturated rings. The molecule has 2 bridgehead atoms. The molecule has 2 atom stereocenters. The average molecular weight is 628 g/mol. The number of benzene rings is 2. The fourth-order valence-electron chi connectivity index (χ4n) is 5.35. The Balaban J connectivity index is 1.42. The van der Waals surface area contributed by atoms with E-state index in [2.05, 4.69) is 30.8 Å². The number of hydrogen-bond donors (Lipinski definition) is 3. The van der Waals surface area contributed by atoms with Gasteiger partial charge < -0.3 is 16.3 Å². The minimum atomic E-state index is -0.511. The number of hydrogen-bond acceptors (Lipinski definition) is 8. The van der Waals surface area contributed by atoms with E-state index in [1.165, 1.54) is 40.0 Å². The van der Waals surface area contributed by atoms with Crippen molar-refractivity contribution < 1.29 is 14.4 Å². The van der Waals surface area contributed by atoms with Crippen LogP contribution in [0.1, 0.15) is 43.6 Å². The zero-order valence-corrected chi connectivity index (χ0v) is 24.7. The molecule has 0 aliphatic carbocycles. The van der Waals surface area contributed by atoms with Gasteiger partial charge in [-0.1, -0.05) is 35.3 Å². The molecule has 4 heterocycles. The molecular weight excluding hydrogens is 601 g/mol. The minimum Gasteiger partial charge on any atom is -0.409 e. The summed E-state index contributed by atoms with van der Waals surface area (Å²) in [4.78, 5) is 35.9. The average Bonchev–Trinajstić information content (AvgIpc) is 3.53. The zero-order valence-electron chi connectivity index (χ0n) is 23.9. The van der Waals surface area contributed by atoms with Crippen LogP contribution in [0.5, 0.6) is 0 Å². The van der Waals surface area contributed by atoms with E-state index in [0.717, 1.165) is 0 Å². The number of carbonyl (C=O) groups is 1. The summed E-state index contributed by atoms with van der Waals surface area (Å²) in [5.74, 6) is -1.14. The van der Waals surface area contributed by atoms with Crippen LogP contribution in [0.2, 0.25) is 5.02 Å². The second-order valence-corrected chi connectivity index (χ2v) is 11.1. The highest BCUT2D eigenvalue weighted by atomic mass is 35.5. The lowest BCUT2D eigenvalue weighted by atomic mass is 9.95. The van der Waals surface area contributed by atoms with Crippen LogP contribution in [0.4, 0.5) is 10.1 Å². The van der Waals surface area contributed by atoms with Crippen molar-refractivity contribution in [3.63, 3.8) is 0 Å². The number of rotatable bonds is 4. The smallest absolute Gasteiger partial charge is 0.254 e. The number of nitrogens with two attached hydrogens (primary N) is 1. The van der Waals surface area contributed by atoms with Crippen molar-refractivity contribution in [3.8, 4) is 28.1 Å². The number of aromatic nitrogens is 6. The van der Waals surface area contributed by atoms with Gasteiger partial charge in [-0.25, -0.2) is 14.1 Å². The van der Waals surface area contributed by atoms with Gasteiger partial charge in [0.1, 0.15) is 5.82 Å². The maximum atomic E-state index is 14.4. The van der Waals surface area contributed by atoms with Gasteiger partial charge in [0.15, 0.2) is 11.5 Å². The number of pyridine rings is 1. The molecule has 5 aromatic rings. The van der Waals surface area contributed by atoms with Gasteiger partial charge in [0.25, 0.3) is 5.56 Å². The monoisotopic (exact) mass is 627 g/mol.